The van der Waals surface area contributed by atoms with Gasteiger partial charge in [0.15, 0.2) is 0 Å². The second-order valence-electron chi connectivity index (χ2n) is 5.09. The topological polar surface area (TPSA) is 23.5 Å². The molecule has 1 atom stereocenters. The first-order valence-corrected chi connectivity index (χ1v) is 6.89. The summed E-state index contributed by atoms with van der Waals surface area (Å²) in [6, 6.07) is 7.20. The molecule has 0 aromatic heterocycles. The third-order valence-electron chi connectivity index (χ3n) is 3.53. The summed E-state index contributed by atoms with van der Waals surface area (Å²) < 4.78 is 13.5. The van der Waals surface area contributed by atoms with Gasteiger partial charge in [-0.2, -0.15) is 0 Å². The number of aliphatic hydroxyl groups excluding tert-OH is 1. The lowest BCUT2D eigenvalue weighted by Gasteiger charge is -2.23. The van der Waals surface area contributed by atoms with Crippen molar-refractivity contribution < 1.29 is 9.50 Å². The normalized spacial score (nSPS) is 17.1. The highest BCUT2D eigenvalue weighted by molar-refractivity contribution is 5.19. The standard InChI is InChI=1S/C15H22FNO/c1-2-10-17(12-7-8-12)11-9-15(18)13-5-3-4-6-14(13)16/h3-6,12,15,18H,2,7-11H2,1H3. The number of rotatable bonds is 7. The molecular formula is C15H22FNO. The minimum atomic E-state index is -0.690. The molecule has 1 aliphatic rings. The van der Waals surface area contributed by atoms with Gasteiger partial charge < -0.3 is 10.0 Å². The Balaban J connectivity index is 1.87. The lowest BCUT2D eigenvalue weighted by molar-refractivity contribution is 0.136. The molecule has 0 bridgehead atoms. The molecular weight excluding hydrogens is 229 g/mol. The van der Waals surface area contributed by atoms with Crippen LogP contribution in [0, 0.1) is 5.82 Å². The van der Waals surface area contributed by atoms with Gasteiger partial charge in [0.2, 0.25) is 0 Å². The van der Waals surface area contributed by atoms with Crippen molar-refractivity contribution in [2.45, 2.75) is 44.8 Å². The molecule has 0 amide bonds. The summed E-state index contributed by atoms with van der Waals surface area (Å²) in [6.45, 7) is 4.10. The van der Waals surface area contributed by atoms with Gasteiger partial charge in [0.05, 0.1) is 6.10 Å². The molecule has 0 saturated heterocycles. The van der Waals surface area contributed by atoms with Crippen molar-refractivity contribution in [1.29, 1.82) is 0 Å². The third kappa shape index (κ3) is 3.53. The van der Waals surface area contributed by atoms with Crippen molar-refractivity contribution in [3.63, 3.8) is 0 Å². The maximum atomic E-state index is 13.5. The predicted octanol–water partition coefficient (Wildman–Crippen LogP) is 3.12. The molecule has 1 unspecified atom stereocenters. The van der Waals surface area contributed by atoms with Crippen LogP contribution in [0.4, 0.5) is 4.39 Å². The Labute approximate surface area is 108 Å². The fraction of sp³-hybridized carbons (Fsp3) is 0.600. The Morgan fingerprint density at radius 3 is 2.67 bits per heavy atom. The molecule has 0 spiro atoms. The molecule has 1 aromatic carbocycles. The first-order valence-electron chi connectivity index (χ1n) is 6.89. The van der Waals surface area contributed by atoms with Gasteiger partial charge in [-0.15, -0.1) is 0 Å². The quantitative estimate of drug-likeness (QED) is 0.805. The summed E-state index contributed by atoms with van der Waals surface area (Å²) >= 11 is 0. The van der Waals surface area contributed by atoms with Crippen LogP contribution in [0.5, 0.6) is 0 Å². The van der Waals surface area contributed by atoms with E-state index in [0.29, 0.717) is 18.0 Å². The second kappa shape index (κ2) is 6.30. The zero-order valence-electron chi connectivity index (χ0n) is 11.0. The van der Waals surface area contributed by atoms with E-state index >= 15 is 0 Å². The number of aliphatic hydroxyl groups is 1. The molecule has 1 aliphatic carbocycles. The van der Waals surface area contributed by atoms with Crippen LogP contribution in [0.15, 0.2) is 24.3 Å². The van der Waals surface area contributed by atoms with Crippen molar-refractivity contribution in [2.24, 2.45) is 0 Å². The molecule has 0 radical (unpaired) electrons. The van der Waals surface area contributed by atoms with E-state index in [-0.39, 0.29) is 5.82 Å². The Kier molecular flexibility index (Phi) is 4.72. The van der Waals surface area contributed by atoms with Crippen LogP contribution in [0.25, 0.3) is 0 Å². The molecule has 1 N–H and O–H groups in total. The summed E-state index contributed by atoms with van der Waals surface area (Å²) in [4.78, 5) is 2.42. The number of halogens is 1. The number of hydrogen-bond donors (Lipinski definition) is 1. The van der Waals surface area contributed by atoms with E-state index in [2.05, 4.69) is 11.8 Å². The van der Waals surface area contributed by atoms with E-state index in [1.54, 1.807) is 18.2 Å². The Hall–Kier alpha value is -0.930. The second-order valence-corrected chi connectivity index (χ2v) is 5.09. The van der Waals surface area contributed by atoms with E-state index in [0.717, 1.165) is 19.5 Å². The summed E-state index contributed by atoms with van der Waals surface area (Å²) in [5, 5.41) is 10.1. The van der Waals surface area contributed by atoms with Crippen LogP contribution in [-0.2, 0) is 0 Å². The molecule has 1 saturated carbocycles. The molecule has 1 fully saturated rings. The van der Waals surface area contributed by atoms with Crippen LogP contribution in [0.1, 0.15) is 44.3 Å². The summed E-state index contributed by atoms with van der Waals surface area (Å²) in [5.74, 6) is -0.307. The Bertz CT molecular complexity index is 379. The highest BCUT2D eigenvalue weighted by Crippen LogP contribution is 2.28. The van der Waals surface area contributed by atoms with Crippen molar-refractivity contribution >= 4 is 0 Å². The van der Waals surface area contributed by atoms with Crippen LogP contribution in [0.2, 0.25) is 0 Å². The van der Waals surface area contributed by atoms with Gasteiger partial charge in [-0.25, -0.2) is 4.39 Å². The zero-order chi connectivity index (χ0) is 13.0. The molecule has 3 heteroatoms. The fourth-order valence-corrected chi connectivity index (χ4v) is 2.39. The van der Waals surface area contributed by atoms with Gasteiger partial charge in [-0.3, -0.25) is 0 Å². The maximum absolute atomic E-state index is 13.5. The molecule has 0 aliphatic heterocycles. The molecule has 100 valence electrons. The van der Waals surface area contributed by atoms with E-state index in [1.165, 1.54) is 18.9 Å². The van der Waals surface area contributed by atoms with Crippen LogP contribution >= 0.6 is 0 Å². The monoisotopic (exact) mass is 251 g/mol. The minimum Gasteiger partial charge on any atom is -0.388 e. The van der Waals surface area contributed by atoms with Crippen LogP contribution in [0.3, 0.4) is 0 Å². The van der Waals surface area contributed by atoms with Crippen molar-refractivity contribution in [1.82, 2.24) is 4.90 Å². The largest absolute Gasteiger partial charge is 0.388 e. The van der Waals surface area contributed by atoms with Gasteiger partial charge >= 0.3 is 0 Å². The number of nitrogens with zero attached hydrogens (tertiary/aromatic N) is 1. The fourth-order valence-electron chi connectivity index (χ4n) is 2.39. The summed E-state index contributed by atoms with van der Waals surface area (Å²) in [7, 11) is 0. The molecule has 18 heavy (non-hydrogen) atoms. The molecule has 1 aromatic rings. The van der Waals surface area contributed by atoms with Gasteiger partial charge in [-0.05, 0) is 38.3 Å². The Morgan fingerprint density at radius 1 is 1.33 bits per heavy atom. The lowest BCUT2D eigenvalue weighted by Crippen LogP contribution is -2.29. The number of hydrogen-bond acceptors (Lipinski definition) is 2. The maximum Gasteiger partial charge on any atom is 0.128 e. The van der Waals surface area contributed by atoms with Crippen molar-refractivity contribution in [2.75, 3.05) is 13.1 Å². The third-order valence-corrected chi connectivity index (χ3v) is 3.53. The van der Waals surface area contributed by atoms with E-state index < -0.39 is 6.10 Å². The van der Waals surface area contributed by atoms with Gasteiger partial charge in [0.25, 0.3) is 0 Å². The SMILES string of the molecule is CCCN(CCC(O)c1ccccc1F)C1CC1. The average molecular weight is 251 g/mol. The van der Waals surface area contributed by atoms with E-state index in [1.807, 2.05) is 0 Å². The first kappa shape index (κ1) is 13.5. The van der Waals surface area contributed by atoms with Gasteiger partial charge in [0.1, 0.15) is 5.82 Å². The predicted molar refractivity (Wildman–Crippen MR) is 70.9 cm³/mol. The molecule has 2 rings (SSSR count). The Morgan fingerprint density at radius 2 is 2.06 bits per heavy atom. The number of benzene rings is 1. The van der Waals surface area contributed by atoms with E-state index in [4.69, 9.17) is 0 Å². The van der Waals surface area contributed by atoms with E-state index in [9.17, 15) is 9.50 Å². The first-order chi connectivity index (χ1) is 8.72. The summed E-state index contributed by atoms with van der Waals surface area (Å²) in [6.07, 6.45) is 3.60. The van der Waals surface area contributed by atoms with Crippen molar-refractivity contribution in [3.05, 3.63) is 35.6 Å². The average Bonchev–Trinajstić information content (AvgIpc) is 3.19. The van der Waals surface area contributed by atoms with Gasteiger partial charge in [-0.1, -0.05) is 25.1 Å². The van der Waals surface area contributed by atoms with Crippen LogP contribution in [-0.4, -0.2) is 29.1 Å². The zero-order valence-corrected chi connectivity index (χ0v) is 11.0. The molecule has 2 nitrogen and oxygen atoms in total. The summed E-state index contributed by atoms with van der Waals surface area (Å²) in [5.41, 5.74) is 0.421. The lowest BCUT2D eigenvalue weighted by atomic mass is 10.1. The smallest absolute Gasteiger partial charge is 0.128 e. The minimum absolute atomic E-state index is 0.307. The highest BCUT2D eigenvalue weighted by atomic mass is 19.1. The highest BCUT2D eigenvalue weighted by Gasteiger charge is 2.28. The van der Waals surface area contributed by atoms with Crippen LogP contribution < -0.4 is 0 Å². The van der Waals surface area contributed by atoms with Gasteiger partial charge in [0, 0.05) is 18.2 Å². The van der Waals surface area contributed by atoms with Crippen molar-refractivity contribution in [3.8, 4) is 0 Å². The molecule has 0 heterocycles.